The molecule has 0 saturated heterocycles. The fraction of sp³-hybridized carbons (Fsp3) is 0.125. The Bertz CT molecular complexity index is 1210. The van der Waals surface area contributed by atoms with E-state index >= 15 is 0 Å². The van der Waals surface area contributed by atoms with Crippen molar-refractivity contribution in [2.24, 2.45) is 0 Å². The minimum absolute atomic E-state index is 0.138. The van der Waals surface area contributed by atoms with Crippen molar-refractivity contribution in [3.63, 3.8) is 0 Å². The topological polar surface area (TPSA) is 83.1 Å². The van der Waals surface area contributed by atoms with Crippen LogP contribution >= 0.6 is 0 Å². The molecule has 150 valence electrons. The first kappa shape index (κ1) is 19.4. The van der Waals surface area contributed by atoms with E-state index < -0.39 is 0 Å². The second-order valence-electron chi connectivity index (χ2n) is 7.30. The highest BCUT2D eigenvalue weighted by Gasteiger charge is 2.12. The van der Waals surface area contributed by atoms with Crippen LogP contribution in [0.3, 0.4) is 0 Å². The first-order chi connectivity index (χ1) is 14.4. The van der Waals surface area contributed by atoms with Gasteiger partial charge in [0, 0.05) is 41.7 Å². The standard InChI is InChI=1S/C24H22N4O2/c1-14-4-6-17(7-5-14)27-24-20-10-8-18(25-15(2)29)12-22(20)28-23-13-19(26-16(3)30)9-11-21(23)24/h4-13H,1-3H3,(H,25,29)(H,26,30)(H,27,28). The molecule has 0 spiro atoms. The molecule has 2 amide bonds. The van der Waals surface area contributed by atoms with Crippen molar-refractivity contribution in [2.75, 3.05) is 16.0 Å². The summed E-state index contributed by atoms with van der Waals surface area (Å²) in [7, 11) is 0. The molecule has 0 bridgehead atoms. The highest BCUT2D eigenvalue weighted by molar-refractivity contribution is 6.10. The summed E-state index contributed by atoms with van der Waals surface area (Å²) < 4.78 is 0. The molecule has 1 aromatic heterocycles. The number of pyridine rings is 1. The van der Waals surface area contributed by atoms with E-state index in [1.54, 1.807) is 0 Å². The Balaban J connectivity index is 1.91. The molecule has 0 saturated carbocycles. The van der Waals surface area contributed by atoms with E-state index in [0.29, 0.717) is 11.4 Å². The van der Waals surface area contributed by atoms with Crippen molar-refractivity contribution < 1.29 is 9.59 Å². The molecule has 1 heterocycles. The second kappa shape index (κ2) is 7.83. The first-order valence-corrected chi connectivity index (χ1v) is 9.65. The number of fused-ring (bicyclic) bond motifs is 2. The number of rotatable bonds is 4. The predicted molar refractivity (Wildman–Crippen MR) is 122 cm³/mol. The number of hydrogen-bond donors (Lipinski definition) is 3. The fourth-order valence-corrected chi connectivity index (χ4v) is 3.42. The summed E-state index contributed by atoms with van der Waals surface area (Å²) in [5, 5.41) is 11.0. The van der Waals surface area contributed by atoms with Crippen molar-refractivity contribution >= 4 is 56.4 Å². The zero-order chi connectivity index (χ0) is 21.3. The lowest BCUT2D eigenvalue weighted by Gasteiger charge is -2.15. The van der Waals surface area contributed by atoms with Crippen LogP contribution in [0.4, 0.5) is 22.7 Å². The molecule has 0 aliphatic carbocycles. The number of carbonyl (C=O) groups is 2. The van der Waals surface area contributed by atoms with Crippen LogP contribution in [0.25, 0.3) is 21.8 Å². The molecule has 6 nitrogen and oxygen atoms in total. The van der Waals surface area contributed by atoms with Gasteiger partial charge in [-0.3, -0.25) is 9.59 Å². The number of nitrogens with one attached hydrogen (secondary N) is 3. The number of aromatic nitrogens is 1. The van der Waals surface area contributed by atoms with Gasteiger partial charge in [-0.2, -0.15) is 0 Å². The van der Waals surface area contributed by atoms with Gasteiger partial charge in [0.15, 0.2) is 0 Å². The molecule has 0 aliphatic heterocycles. The summed E-state index contributed by atoms with van der Waals surface area (Å²) in [6.07, 6.45) is 0. The number of aryl methyl sites for hydroxylation is 1. The smallest absolute Gasteiger partial charge is 0.221 e. The molecule has 0 aliphatic rings. The minimum Gasteiger partial charge on any atom is -0.354 e. The van der Waals surface area contributed by atoms with Crippen LogP contribution in [-0.2, 0) is 9.59 Å². The Morgan fingerprint density at radius 1 is 0.700 bits per heavy atom. The molecule has 0 radical (unpaired) electrons. The monoisotopic (exact) mass is 398 g/mol. The van der Waals surface area contributed by atoms with Gasteiger partial charge in [-0.25, -0.2) is 4.98 Å². The van der Waals surface area contributed by atoms with Gasteiger partial charge in [0.05, 0.1) is 16.7 Å². The molecule has 6 heteroatoms. The van der Waals surface area contributed by atoms with Crippen molar-refractivity contribution in [2.45, 2.75) is 20.8 Å². The maximum absolute atomic E-state index is 11.5. The molecular formula is C24H22N4O2. The summed E-state index contributed by atoms with van der Waals surface area (Å²) in [5.74, 6) is -0.276. The normalized spacial score (nSPS) is 10.8. The SMILES string of the molecule is CC(=O)Nc1ccc2c(Nc3ccc(C)cc3)c3ccc(NC(C)=O)cc3nc2c1. The molecule has 3 aromatic carbocycles. The minimum atomic E-state index is -0.138. The lowest BCUT2D eigenvalue weighted by Crippen LogP contribution is -2.06. The van der Waals surface area contributed by atoms with E-state index in [1.165, 1.54) is 19.4 Å². The van der Waals surface area contributed by atoms with Crippen LogP contribution in [0, 0.1) is 6.92 Å². The highest BCUT2D eigenvalue weighted by Crippen LogP contribution is 2.35. The maximum atomic E-state index is 11.5. The molecule has 0 fully saturated rings. The maximum Gasteiger partial charge on any atom is 0.221 e. The third-order valence-electron chi connectivity index (χ3n) is 4.74. The Labute approximate surface area is 174 Å². The van der Waals surface area contributed by atoms with E-state index in [9.17, 15) is 9.59 Å². The molecule has 30 heavy (non-hydrogen) atoms. The van der Waals surface area contributed by atoms with Gasteiger partial charge in [0.2, 0.25) is 11.8 Å². The van der Waals surface area contributed by atoms with Crippen LogP contribution in [0.15, 0.2) is 60.7 Å². The lowest BCUT2D eigenvalue weighted by molar-refractivity contribution is -0.115. The average Bonchev–Trinajstić information content (AvgIpc) is 2.68. The molecule has 0 atom stereocenters. The Morgan fingerprint density at radius 3 is 1.63 bits per heavy atom. The van der Waals surface area contributed by atoms with Crippen molar-refractivity contribution in [1.82, 2.24) is 4.98 Å². The largest absolute Gasteiger partial charge is 0.354 e. The van der Waals surface area contributed by atoms with Crippen LogP contribution in [-0.4, -0.2) is 16.8 Å². The predicted octanol–water partition coefficient (Wildman–Crippen LogP) is 5.36. The van der Waals surface area contributed by atoms with Crippen molar-refractivity contribution in [1.29, 1.82) is 0 Å². The third-order valence-corrected chi connectivity index (χ3v) is 4.74. The molecule has 4 rings (SSSR count). The van der Waals surface area contributed by atoms with Crippen LogP contribution in [0.5, 0.6) is 0 Å². The van der Waals surface area contributed by atoms with Crippen molar-refractivity contribution in [3.05, 3.63) is 66.2 Å². The molecule has 3 N–H and O–H groups in total. The van der Waals surface area contributed by atoms with E-state index in [-0.39, 0.29) is 11.8 Å². The molecule has 0 unspecified atom stereocenters. The first-order valence-electron chi connectivity index (χ1n) is 9.65. The number of benzene rings is 3. The number of anilines is 4. The summed E-state index contributed by atoms with van der Waals surface area (Å²) in [4.78, 5) is 27.7. The summed E-state index contributed by atoms with van der Waals surface area (Å²) >= 11 is 0. The van der Waals surface area contributed by atoms with Gasteiger partial charge in [-0.05, 0) is 55.5 Å². The van der Waals surface area contributed by atoms with Crippen LogP contribution in [0.2, 0.25) is 0 Å². The van der Waals surface area contributed by atoms with E-state index in [4.69, 9.17) is 4.98 Å². The third kappa shape index (κ3) is 4.07. The Kier molecular flexibility index (Phi) is 5.06. The lowest BCUT2D eigenvalue weighted by atomic mass is 10.1. The summed E-state index contributed by atoms with van der Waals surface area (Å²) in [6.45, 7) is 5.00. The van der Waals surface area contributed by atoms with Crippen molar-refractivity contribution in [3.8, 4) is 0 Å². The quantitative estimate of drug-likeness (QED) is 0.404. The van der Waals surface area contributed by atoms with Gasteiger partial charge in [-0.15, -0.1) is 0 Å². The summed E-state index contributed by atoms with van der Waals surface area (Å²) in [5.41, 5.74) is 5.91. The van der Waals surface area contributed by atoms with Gasteiger partial charge in [0.25, 0.3) is 0 Å². The molecule has 4 aromatic rings. The van der Waals surface area contributed by atoms with Gasteiger partial charge in [0.1, 0.15) is 0 Å². The fourth-order valence-electron chi connectivity index (χ4n) is 3.42. The summed E-state index contributed by atoms with van der Waals surface area (Å²) in [6, 6.07) is 19.5. The van der Waals surface area contributed by atoms with E-state index in [0.717, 1.165) is 33.2 Å². The molecular weight excluding hydrogens is 376 g/mol. The van der Waals surface area contributed by atoms with E-state index in [2.05, 4.69) is 28.1 Å². The zero-order valence-corrected chi connectivity index (χ0v) is 17.0. The van der Waals surface area contributed by atoms with Gasteiger partial charge in [-0.1, -0.05) is 17.7 Å². The highest BCUT2D eigenvalue weighted by atomic mass is 16.2. The van der Waals surface area contributed by atoms with Crippen LogP contribution in [0.1, 0.15) is 19.4 Å². The Morgan fingerprint density at radius 2 is 1.17 bits per heavy atom. The number of nitrogens with zero attached hydrogens (tertiary/aromatic N) is 1. The van der Waals surface area contributed by atoms with E-state index in [1.807, 2.05) is 55.5 Å². The number of hydrogen-bond acceptors (Lipinski definition) is 4. The Hall–Kier alpha value is -3.93. The number of amides is 2. The second-order valence-corrected chi connectivity index (χ2v) is 7.30. The number of carbonyl (C=O) groups excluding carboxylic acids is 2. The van der Waals surface area contributed by atoms with Gasteiger partial charge < -0.3 is 16.0 Å². The zero-order valence-electron chi connectivity index (χ0n) is 17.0. The van der Waals surface area contributed by atoms with Gasteiger partial charge >= 0.3 is 0 Å². The average molecular weight is 398 g/mol. The van der Waals surface area contributed by atoms with Crippen LogP contribution < -0.4 is 16.0 Å².